The van der Waals surface area contributed by atoms with Gasteiger partial charge in [0.15, 0.2) is 5.82 Å². The van der Waals surface area contributed by atoms with Gasteiger partial charge in [0.25, 0.3) is 0 Å². The van der Waals surface area contributed by atoms with Gasteiger partial charge in [-0.3, -0.25) is 5.32 Å². The Morgan fingerprint density at radius 2 is 2.14 bits per heavy atom. The van der Waals surface area contributed by atoms with Crippen LogP contribution in [0.2, 0.25) is 5.02 Å². The number of carbonyl (C=O) groups is 1. The summed E-state index contributed by atoms with van der Waals surface area (Å²) in [6, 6.07) is 9.37. The number of carbonyl (C=O) groups excluding carboxylic acids is 1. The molecule has 1 N–H and O–H groups in total. The summed E-state index contributed by atoms with van der Waals surface area (Å²) in [5.74, 6) is 0.202. The van der Waals surface area contributed by atoms with E-state index in [1.807, 2.05) is 37.4 Å². The predicted molar refractivity (Wildman–Crippen MR) is 81.6 cm³/mol. The summed E-state index contributed by atoms with van der Waals surface area (Å²) in [7, 11) is 0. The molecule has 2 heterocycles. The van der Waals surface area contributed by atoms with Crippen molar-refractivity contribution < 1.29 is 14.3 Å². The molecule has 0 bridgehead atoms. The minimum absolute atomic E-state index is 0.202. The molecule has 0 aliphatic carbocycles. The van der Waals surface area contributed by atoms with Crippen molar-refractivity contribution in [3.05, 3.63) is 53.3 Å². The lowest BCUT2D eigenvalue weighted by atomic mass is 10.0. The summed E-state index contributed by atoms with van der Waals surface area (Å²) < 4.78 is 13.5. The number of fused-ring (bicyclic) bond motifs is 1. The average Bonchev–Trinajstić information content (AvgIpc) is 2.88. The summed E-state index contributed by atoms with van der Waals surface area (Å²) in [4.78, 5) is 18.0. The molecule has 7 heteroatoms. The molecule has 112 valence electrons. The number of halogens is 2. The highest BCUT2D eigenvalue weighted by molar-refractivity contribution is 6.30. The third kappa shape index (κ3) is 2.73. The maximum absolute atomic E-state index is 11.7. The first kappa shape index (κ1) is 14.3. The van der Waals surface area contributed by atoms with Gasteiger partial charge in [0.2, 0.25) is 0 Å². The van der Waals surface area contributed by atoms with Gasteiger partial charge in [-0.1, -0.05) is 17.7 Å². The molecule has 0 fully saturated rings. The molecule has 3 rings (SSSR count). The Kier molecular flexibility index (Phi) is 3.68. The van der Waals surface area contributed by atoms with Crippen LogP contribution in [0, 0.1) is 6.92 Å². The molecule has 0 atom stereocenters. The van der Waals surface area contributed by atoms with Crippen LogP contribution in [0.5, 0.6) is 0 Å². The molecule has 0 aliphatic heterocycles. The number of nitrogens with zero attached hydrogens (tertiary/aromatic N) is 2. The zero-order valence-electron chi connectivity index (χ0n) is 11.5. The first-order chi connectivity index (χ1) is 10.6. The third-order valence-electron chi connectivity index (χ3n) is 3.25. The lowest BCUT2D eigenvalue weighted by molar-refractivity contribution is -0.0544. The Balaban J connectivity index is 2.00. The van der Waals surface area contributed by atoms with Gasteiger partial charge in [-0.05, 0) is 47.9 Å². The molecular weight excluding hydrogens is 309 g/mol. The normalized spacial score (nSPS) is 10.7. The van der Waals surface area contributed by atoms with Crippen LogP contribution in [0.15, 0.2) is 42.7 Å². The Bertz CT molecular complexity index is 863. The van der Waals surface area contributed by atoms with E-state index in [9.17, 15) is 9.32 Å². The van der Waals surface area contributed by atoms with Crippen molar-refractivity contribution >= 4 is 29.2 Å². The molecule has 1 aromatic carbocycles. The van der Waals surface area contributed by atoms with Crippen LogP contribution in [0.3, 0.4) is 0 Å². The van der Waals surface area contributed by atoms with Crippen molar-refractivity contribution in [1.82, 2.24) is 9.38 Å². The van der Waals surface area contributed by atoms with Gasteiger partial charge in [-0.25, -0.2) is 14.7 Å². The van der Waals surface area contributed by atoms with Crippen LogP contribution in [0.25, 0.3) is 16.8 Å². The molecule has 0 saturated heterocycles. The van der Waals surface area contributed by atoms with Crippen molar-refractivity contribution in [2.75, 3.05) is 5.32 Å². The molecule has 0 unspecified atom stereocenters. The van der Waals surface area contributed by atoms with Crippen LogP contribution in [-0.2, 0) is 4.94 Å². The number of rotatable bonds is 2. The topological polar surface area (TPSA) is 55.6 Å². The number of nitrogens with one attached hydrogen (secondary N) is 1. The van der Waals surface area contributed by atoms with E-state index in [0.717, 1.165) is 16.7 Å². The van der Waals surface area contributed by atoms with Gasteiger partial charge in [0.1, 0.15) is 5.65 Å². The number of aromatic nitrogens is 2. The van der Waals surface area contributed by atoms with Gasteiger partial charge >= 0.3 is 6.09 Å². The highest BCUT2D eigenvalue weighted by Crippen LogP contribution is 2.26. The van der Waals surface area contributed by atoms with Crippen molar-refractivity contribution in [3.8, 4) is 11.1 Å². The largest absolute Gasteiger partial charge is 0.450 e. The highest BCUT2D eigenvalue weighted by Gasteiger charge is 2.09. The number of benzene rings is 1. The van der Waals surface area contributed by atoms with Crippen LogP contribution in [0.4, 0.5) is 15.1 Å². The van der Waals surface area contributed by atoms with Crippen molar-refractivity contribution in [1.29, 1.82) is 0 Å². The number of anilines is 1. The summed E-state index contributed by atoms with van der Waals surface area (Å²) in [6.07, 6.45) is 2.23. The summed E-state index contributed by atoms with van der Waals surface area (Å²) in [6.45, 7) is 1.98. The minimum Gasteiger partial charge on any atom is -0.304 e. The number of pyridine rings is 1. The zero-order chi connectivity index (χ0) is 15.7. The highest BCUT2D eigenvalue weighted by atomic mass is 35.5. The fourth-order valence-electron chi connectivity index (χ4n) is 2.29. The van der Waals surface area contributed by atoms with E-state index in [1.54, 1.807) is 16.7 Å². The number of amides is 1. The molecule has 0 spiro atoms. The number of imidazole rings is 1. The van der Waals surface area contributed by atoms with Crippen LogP contribution in [0.1, 0.15) is 5.56 Å². The van der Waals surface area contributed by atoms with Crippen LogP contribution < -0.4 is 5.32 Å². The predicted octanol–water partition coefficient (Wildman–Crippen LogP) is 4.40. The fourth-order valence-corrected chi connectivity index (χ4v) is 2.51. The smallest absolute Gasteiger partial charge is 0.304 e. The van der Waals surface area contributed by atoms with Crippen molar-refractivity contribution in [3.63, 3.8) is 0 Å². The summed E-state index contributed by atoms with van der Waals surface area (Å²) in [5, 5.41) is 2.86. The number of hydrogen-bond donors (Lipinski definition) is 1. The molecule has 1 amide bonds. The lowest BCUT2D eigenvalue weighted by Crippen LogP contribution is -2.09. The first-order valence-electron chi connectivity index (χ1n) is 6.41. The second-order valence-corrected chi connectivity index (χ2v) is 5.19. The van der Waals surface area contributed by atoms with Crippen molar-refractivity contribution in [2.45, 2.75) is 6.92 Å². The molecule has 2 aromatic heterocycles. The standard InChI is InChI=1S/C15H11ClFN3O2/c1-9-6-11(16)3-4-12(9)10-2-5-14-18-13(8-20(14)7-10)19-15(21)22-17/h2-8H,1H3,(H,19,21). The molecule has 3 aromatic rings. The fraction of sp³-hybridized carbons (Fsp3) is 0.0667. The van der Waals surface area contributed by atoms with E-state index in [-0.39, 0.29) is 5.82 Å². The van der Waals surface area contributed by atoms with Gasteiger partial charge in [-0.15, -0.1) is 0 Å². The van der Waals surface area contributed by atoms with Gasteiger partial charge in [-0.2, -0.15) is 0 Å². The molecule has 0 aliphatic rings. The molecular formula is C15H11ClFN3O2. The maximum atomic E-state index is 11.7. The van der Waals surface area contributed by atoms with Gasteiger partial charge in [0, 0.05) is 15.7 Å². The number of aryl methyl sites for hydroxylation is 1. The van der Waals surface area contributed by atoms with Crippen LogP contribution in [-0.4, -0.2) is 15.5 Å². The number of hydrogen-bond acceptors (Lipinski definition) is 3. The molecule has 22 heavy (non-hydrogen) atoms. The Hall–Kier alpha value is -2.60. The molecule has 0 saturated carbocycles. The quantitative estimate of drug-likeness (QED) is 0.762. The summed E-state index contributed by atoms with van der Waals surface area (Å²) in [5.41, 5.74) is 3.67. The second kappa shape index (κ2) is 5.65. The zero-order valence-corrected chi connectivity index (χ0v) is 12.3. The van der Waals surface area contributed by atoms with E-state index in [2.05, 4.69) is 15.2 Å². The SMILES string of the molecule is Cc1cc(Cl)ccc1-c1ccc2nc(NC(=O)OF)cn2c1. The monoisotopic (exact) mass is 319 g/mol. The second-order valence-electron chi connectivity index (χ2n) is 4.76. The lowest BCUT2D eigenvalue weighted by Gasteiger charge is -2.07. The third-order valence-corrected chi connectivity index (χ3v) is 3.49. The average molecular weight is 320 g/mol. The Morgan fingerprint density at radius 1 is 1.32 bits per heavy atom. The summed E-state index contributed by atoms with van der Waals surface area (Å²) >= 11 is 5.97. The van der Waals surface area contributed by atoms with E-state index in [4.69, 9.17) is 11.6 Å². The minimum atomic E-state index is -1.21. The van der Waals surface area contributed by atoms with E-state index in [0.29, 0.717) is 10.7 Å². The maximum Gasteiger partial charge on any atom is 0.450 e. The van der Waals surface area contributed by atoms with E-state index < -0.39 is 6.09 Å². The Labute approximate surface area is 130 Å². The van der Waals surface area contributed by atoms with Crippen LogP contribution >= 0.6 is 11.6 Å². The van der Waals surface area contributed by atoms with Crippen molar-refractivity contribution in [2.24, 2.45) is 0 Å². The molecule has 0 radical (unpaired) electrons. The van der Waals surface area contributed by atoms with Gasteiger partial charge in [0.05, 0.1) is 6.20 Å². The Morgan fingerprint density at radius 3 is 2.86 bits per heavy atom. The van der Waals surface area contributed by atoms with E-state index in [1.165, 1.54) is 0 Å². The van der Waals surface area contributed by atoms with Gasteiger partial charge < -0.3 is 4.40 Å². The first-order valence-corrected chi connectivity index (χ1v) is 6.79. The molecule has 5 nitrogen and oxygen atoms in total. The van der Waals surface area contributed by atoms with E-state index >= 15 is 0 Å².